The van der Waals surface area contributed by atoms with Gasteiger partial charge in [-0.15, -0.1) is 0 Å². The Morgan fingerprint density at radius 1 is 0.875 bits per heavy atom. The Morgan fingerprint density at radius 3 is 2.17 bits per heavy atom. The topological polar surface area (TPSA) is 86.8 Å². The minimum Gasteiger partial charge on any atom is -0.354 e. The number of sulfonamides is 1. The van der Waals surface area contributed by atoms with Crippen molar-refractivity contribution in [2.75, 3.05) is 23.7 Å². The second-order valence-corrected chi connectivity index (χ2v) is 12.3. The van der Waals surface area contributed by atoms with Gasteiger partial charge in [0, 0.05) is 19.5 Å². The van der Waals surface area contributed by atoms with Crippen LogP contribution in [0.4, 0.5) is 5.69 Å². The highest BCUT2D eigenvalue weighted by Crippen LogP contribution is 2.26. The number of rotatable bonds is 13. The van der Waals surface area contributed by atoms with Crippen molar-refractivity contribution in [1.29, 1.82) is 0 Å². The molecule has 0 fully saturated rings. The molecule has 0 aromatic heterocycles. The predicted molar refractivity (Wildman–Crippen MR) is 162 cm³/mol. The van der Waals surface area contributed by atoms with Crippen LogP contribution in [-0.2, 0) is 32.6 Å². The van der Waals surface area contributed by atoms with Crippen LogP contribution in [0.1, 0.15) is 47.6 Å². The molecule has 8 heteroatoms. The highest BCUT2D eigenvalue weighted by molar-refractivity contribution is 7.92. The van der Waals surface area contributed by atoms with Gasteiger partial charge in [0.15, 0.2) is 0 Å². The van der Waals surface area contributed by atoms with Crippen molar-refractivity contribution in [3.8, 4) is 0 Å². The Labute approximate surface area is 239 Å². The molecule has 0 radical (unpaired) electrons. The molecule has 1 atom stereocenters. The predicted octanol–water partition coefficient (Wildman–Crippen LogP) is 4.93. The fourth-order valence-corrected chi connectivity index (χ4v) is 5.45. The quantitative estimate of drug-likeness (QED) is 0.299. The first-order valence-corrected chi connectivity index (χ1v) is 15.6. The number of hydrogen-bond acceptors (Lipinski definition) is 4. The number of nitrogens with one attached hydrogen (secondary N) is 1. The smallest absolute Gasteiger partial charge is 0.244 e. The maximum Gasteiger partial charge on any atom is 0.244 e. The zero-order valence-corrected chi connectivity index (χ0v) is 25.0. The summed E-state index contributed by atoms with van der Waals surface area (Å²) in [5.74, 6) is -0.700. The minimum atomic E-state index is -3.80. The van der Waals surface area contributed by atoms with Crippen LogP contribution in [0.2, 0.25) is 0 Å². The Bertz CT molecular complexity index is 1390. The van der Waals surface area contributed by atoms with E-state index in [1.54, 1.807) is 12.1 Å². The number of anilines is 1. The monoisotopic (exact) mass is 563 g/mol. The van der Waals surface area contributed by atoms with Crippen molar-refractivity contribution < 1.29 is 18.0 Å². The molecule has 0 saturated heterocycles. The first kappa shape index (κ1) is 30.9. The molecule has 0 heterocycles. The van der Waals surface area contributed by atoms with Gasteiger partial charge in [0.25, 0.3) is 0 Å². The maximum atomic E-state index is 14.1. The van der Waals surface area contributed by atoms with E-state index in [2.05, 4.69) is 5.32 Å². The van der Waals surface area contributed by atoms with Crippen molar-refractivity contribution >= 4 is 27.5 Å². The lowest BCUT2D eigenvalue weighted by Gasteiger charge is -2.34. The van der Waals surface area contributed by atoms with E-state index in [0.717, 1.165) is 51.2 Å². The van der Waals surface area contributed by atoms with Gasteiger partial charge in [-0.1, -0.05) is 85.6 Å². The molecule has 3 aromatic rings. The van der Waals surface area contributed by atoms with E-state index in [4.69, 9.17) is 0 Å². The zero-order chi connectivity index (χ0) is 29.3. The average Bonchev–Trinajstić information content (AvgIpc) is 2.92. The highest BCUT2D eigenvalue weighted by Gasteiger charge is 2.33. The molecular formula is C32H41N3O4S. The summed E-state index contributed by atoms with van der Waals surface area (Å²) in [7, 11) is -3.80. The number of carbonyl (C=O) groups excluding carboxylic acids is 2. The fourth-order valence-electron chi connectivity index (χ4n) is 4.55. The van der Waals surface area contributed by atoms with Gasteiger partial charge >= 0.3 is 0 Å². The van der Waals surface area contributed by atoms with Crippen LogP contribution in [0, 0.1) is 20.8 Å². The van der Waals surface area contributed by atoms with Gasteiger partial charge in [0.2, 0.25) is 21.8 Å². The van der Waals surface area contributed by atoms with Gasteiger partial charge in [-0.3, -0.25) is 13.9 Å². The lowest BCUT2D eigenvalue weighted by Crippen LogP contribution is -2.53. The lowest BCUT2D eigenvalue weighted by molar-refractivity contribution is -0.140. The standard InChI is InChI=1S/C32H41N3O4S/c1-6-7-20-33-32(37)30(21-27-13-9-8-10-14-27)34(22-28-18-16-24(2)17-19-28)31(36)23-35(40(5,38)39)29-15-11-12-25(3)26(29)4/h8-19,30H,6-7,20-23H2,1-5H3,(H,33,37)/t30-/m1/s1. The first-order chi connectivity index (χ1) is 19.0. The molecular weight excluding hydrogens is 522 g/mol. The molecule has 0 spiro atoms. The number of unbranched alkanes of at least 4 members (excludes halogenated alkanes) is 1. The van der Waals surface area contributed by atoms with Crippen molar-refractivity contribution in [2.24, 2.45) is 0 Å². The molecule has 0 aliphatic heterocycles. The zero-order valence-electron chi connectivity index (χ0n) is 24.2. The minimum absolute atomic E-state index is 0.169. The van der Waals surface area contributed by atoms with E-state index >= 15 is 0 Å². The van der Waals surface area contributed by atoms with Crippen LogP contribution in [-0.4, -0.2) is 50.5 Å². The molecule has 3 rings (SSSR count). The molecule has 7 nitrogen and oxygen atoms in total. The van der Waals surface area contributed by atoms with Crippen molar-refractivity contribution in [3.05, 3.63) is 101 Å². The molecule has 0 bridgehead atoms. The summed E-state index contributed by atoms with van der Waals surface area (Å²) in [5, 5.41) is 3.00. The van der Waals surface area contributed by atoms with Crippen LogP contribution in [0.5, 0.6) is 0 Å². The van der Waals surface area contributed by atoms with Gasteiger partial charge < -0.3 is 10.2 Å². The van der Waals surface area contributed by atoms with Gasteiger partial charge in [-0.05, 0) is 55.5 Å². The highest BCUT2D eigenvalue weighted by atomic mass is 32.2. The van der Waals surface area contributed by atoms with Crippen LogP contribution in [0.15, 0.2) is 72.8 Å². The SMILES string of the molecule is CCCCNC(=O)[C@@H](Cc1ccccc1)N(Cc1ccc(C)cc1)C(=O)CN(c1cccc(C)c1C)S(C)(=O)=O. The van der Waals surface area contributed by atoms with Crippen molar-refractivity contribution in [3.63, 3.8) is 0 Å². The summed E-state index contributed by atoms with van der Waals surface area (Å²) < 4.78 is 27.1. The molecule has 40 heavy (non-hydrogen) atoms. The van der Waals surface area contributed by atoms with E-state index in [1.807, 2.05) is 88.4 Å². The normalized spacial score (nSPS) is 12.0. The Balaban J connectivity index is 2.05. The van der Waals surface area contributed by atoms with Crippen LogP contribution in [0.25, 0.3) is 0 Å². The molecule has 0 aliphatic carbocycles. The lowest BCUT2D eigenvalue weighted by atomic mass is 10.0. The summed E-state index contributed by atoms with van der Waals surface area (Å²) in [4.78, 5) is 29.3. The molecule has 1 N–H and O–H groups in total. The molecule has 0 aliphatic rings. The Hall–Kier alpha value is -3.65. The summed E-state index contributed by atoms with van der Waals surface area (Å²) in [5.41, 5.74) is 5.01. The first-order valence-electron chi connectivity index (χ1n) is 13.7. The largest absolute Gasteiger partial charge is 0.354 e. The molecule has 3 aromatic carbocycles. The number of amides is 2. The van der Waals surface area contributed by atoms with E-state index in [0.29, 0.717) is 18.7 Å². The number of aryl methyl sites for hydroxylation is 2. The van der Waals surface area contributed by atoms with Gasteiger partial charge in [-0.25, -0.2) is 8.42 Å². The Morgan fingerprint density at radius 2 is 1.55 bits per heavy atom. The van der Waals surface area contributed by atoms with Crippen LogP contribution >= 0.6 is 0 Å². The van der Waals surface area contributed by atoms with E-state index < -0.39 is 28.5 Å². The van der Waals surface area contributed by atoms with Crippen molar-refractivity contribution in [1.82, 2.24) is 10.2 Å². The number of nitrogens with zero attached hydrogens (tertiary/aromatic N) is 2. The summed E-state index contributed by atoms with van der Waals surface area (Å²) in [6.45, 7) is 8.04. The summed E-state index contributed by atoms with van der Waals surface area (Å²) >= 11 is 0. The van der Waals surface area contributed by atoms with Gasteiger partial charge in [0.05, 0.1) is 11.9 Å². The molecule has 0 saturated carbocycles. The Kier molecular flexibility index (Phi) is 10.9. The summed E-state index contributed by atoms with van der Waals surface area (Å²) in [6.07, 6.45) is 3.16. The third-order valence-electron chi connectivity index (χ3n) is 7.10. The third-order valence-corrected chi connectivity index (χ3v) is 8.22. The second kappa shape index (κ2) is 14.1. The second-order valence-electron chi connectivity index (χ2n) is 10.3. The van der Waals surface area contributed by atoms with Gasteiger partial charge in [0.1, 0.15) is 12.6 Å². The van der Waals surface area contributed by atoms with Crippen molar-refractivity contribution in [2.45, 2.75) is 59.5 Å². The van der Waals surface area contributed by atoms with Crippen LogP contribution in [0.3, 0.4) is 0 Å². The number of benzene rings is 3. The maximum absolute atomic E-state index is 14.1. The fraction of sp³-hybridized carbons (Fsp3) is 0.375. The third kappa shape index (κ3) is 8.42. The molecule has 0 unspecified atom stereocenters. The van der Waals surface area contributed by atoms with E-state index in [9.17, 15) is 18.0 Å². The molecule has 2 amide bonds. The average molecular weight is 564 g/mol. The number of hydrogen-bond donors (Lipinski definition) is 1. The van der Waals surface area contributed by atoms with E-state index in [1.165, 1.54) is 4.90 Å². The summed E-state index contributed by atoms with van der Waals surface area (Å²) in [6, 6.07) is 21.9. The van der Waals surface area contributed by atoms with Gasteiger partial charge in [-0.2, -0.15) is 0 Å². The van der Waals surface area contributed by atoms with E-state index in [-0.39, 0.29) is 12.5 Å². The molecule has 214 valence electrons. The number of carbonyl (C=O) groups is 2. The van der Waals surface area contributed by atoms with Crippen LogP contribution < -0.4 is 9.62 Å².